The van der Waals surface area contributed by atoms with Gasteiger partial charge in [0.1, 0.15) is 0 Å². The molecule has 2 amide bonds. The lowest BCUT2D eigenvalue weighted by molar-refractivity contribution is -0.119. The van der Waals surface area contributed by atoms with Gasteiger partial charge in [-0.1, -0.05) is 0 Å². The van der Waals surface area contributed by atoms with Crippen LogP contribution in [0.1, 0.15) is 27.6 Å². The maximum atomic E-state index is 12.2. The maximum Gasteiger partial charge on any atom is 0.338 e. The minimum atomic E-state index is -0.659. The molecule has 0 aliphatic carbocycles. The molecule has 0 radical (unpaired) electrons. The molecule has 0 aliphatic heterocycles. The normalized spacial score (nSPS) is 10.1. The van der Waals surface area contributed by atoms with E-state index >= 15 is 0 Å². The summed E-state index contributed by atoms with van der Waals surface area (Å²) < 4.78 is 15.6. The maximum absolute atomic E-state index is 12.2. The minimum absolute atomic E-state index is 0.136. The second-order valence-electron chi connectivity index (χ2n) is 6.20. The number of hydrogen-bond acceptors (Lipinski definition) is 6. The Kier molecular flexibility index (Phi) is 7.59. The molecule has 8 heteroatoms. The molecule has 0 atom stereocenters. The zero-order valence-corrected chi connectivity index (χ0v) is 16.9. The lowest BCUT2D eigenvalue weighted by Crippen LogP contribution is -2.22. The molecule has 154 valence electrons. The molecule has 0 heterocycles. The molecule has 1 N–H and O–H groups in total. The van der Waals surface area contributed by atoms with Gasteiger partial charge in [0, 0.05) is 25.3 Å². The third-order valence-corrected chi connectivity index (χ3v) is 3.86. The first-order chi connectivity index (χ1) is 13.8. The predicted octanol–water partition coefficient (Wildman–Crippen LogP) is 2.59. The van der Waals surface area contributed by atoms with E-state index in [0.29, 0.717) is 29.4 Å². The molecule has 0 unspecified atom stereocenters. The second-order valence-corrected chi connectivity index (χ2v) is 6.20. The van der Waals surface area contributed by atoms with Gasteiger partial charge >= 0.3 is 5.97 Å². The SMILES string of the molecule is CCOc1ccc(C(=O)OCC(=O)Nc2ccc(C(=O)N(C)C)cc2)cc1OC. The van der Waals surface area contributed by atoms with Crippen LogP contribution in [0, 0.1) is 0 Å². The van der Waals surface area contributed by atoms with E-state index in [4.69, 9.17) is 14.2 Å². The Hall–Kier alpha value is -3.55. The number of esters is 1. The Bertz CT molecular complexity index is 877. The van der Waals surface area contributed by atoms with Crippen LogP contribution < -0.4 is 14.8 Å². The van der Waals surface area contributed by atoms with Crippen LogP contribution in [0.3, 0.4) is 0 Å². The molecule has 2 rings (SSSR count). The number of methoxy groups -OCH3 is 1. The highest BCUT2D eigenvalue weighted by Gasteiger charge is 2.14. The van der Waals surface area contributed by atoms with Gasteiger partial charge in [0.2, 0.25) is 0 Å². The van der Waals surface area contributed by atoms with Gasteiger partial charge in [0.15, 0.2) is 18.1 Å². The largest absolute Gasteiger partial charge is 0.493 e. The van der Waals surface area contributed by atoms with Crippen LogP contribution in [-0.4, -0.2) is 57.1 Å². The van der Waals surface area contributed by atoms with E-state index in [9.17, 15) is 14.4 Å². The first-order valence-corrected chi connectivity index (χ1v) is 8.95. The Balaban J connectivity index is 1.92. The molecule has 2 aromatic rings. The molecule has 0 aromatic heterocycles. The van der Waals surface area contributed by atoms with Crippen molar-refractivity contribution in [3.05, 3.63) is 53.6 Å². The summed E-state index contributed by atoms with van der Waals surface area (Å²) in [5.41, 5.74) is 1.23. The standard InChI is InChI=1S/C21H24N2O6/c1-5-28-17-11-8-15(12-18(17)27-4)21(26)29-13-19(24)22-16-9-6-14(7-10-16)20(25)23(2)3/h6-12H,5,13H2,1-4H3,(H,22,24). The third kappa shape index (κ3) is 5.97. The summed E-state index contributed by atoms with van der Waals surface area (Å²) >= 11 is 0. The minimum Gasteiger partial charge on any atom is -0.493 e. The van der Waals surface area contributed by atoms with Crippen molar-refractivity contribution in [3.8, 4) is 11.5 Å². The zero-order chi connectivity index (χ0) is 21.4. The summed E-state index contributed by atoms with van der Waals surface area (Å²) in [6.45, 7) is 1.85. The van der Waals surface area contributed by atoms with Crippen molar-refractivity contribution in [2.45, 2.75) is 6.92 Å². The Morgan fingerprint density at radius 3 is 2.21 bits per heavy atom. The molecular weight excluding hydrogens is 376 g/mol. The number of anilines is 1. The first-order valence-electron chi connectivity index (χ1n) is 8.95. The molecule has 0 bridgehead atoms. The van der Waals surface area contributed by atoms with E-state index in [0.717, 1.165) is 0 Å². The summed E-state index contributed by atoms with van der Waals surface area (Å²) in [7, 11) is 4.79. The van der Waals surface area contributed by atoms with E-state index in [-0.39, 0.29) is 11.5 Å². The van der Waals surface area contributed by atoms with Gasteiger partial charge in [-0.05, 0) is 49.4 Å². The fourth-order valence-corrected chi connectivity index (χ4v) is 2.44. The van der Waals surface area contributed by atoms with Gasteiger partial charge in [0.05, 0.1) is 19.3 Å². The number of amides is 2. The van der Waals surface area contributed by atoms with E-state index in [1.54, 1.807) is 44.4 Å². The molecule has 8 nitrogen and oxygen atoms in total. The van der Waals surface area contributed by atoms with Crippen LogP contribution >= 0.6 is 0 Å². The quantitative estimate of drug-likeness (QED) is 0.685. The van der Waals surface area contributed by atoms with Gasteiger partial charge in [0.25, 0.3) is 11.8 Å². The fourth-order valence-electron chi connectivity index (χ4n) is 2.44. The van der Waals surface area contributed by atoms with Crippen LogP contribution in [0.5, 0.6) is 11.5 Å². The highest BCUT2D eigenvalue weighted by atomic mass is 16.5. The number of ether oxygens (including phenoxy) is 3. The lowest BCUT2D eigenvalue weighted by atomic mass is 10.2. The number of benzene rings is 2. The number of carbonyl (C=O) groups is 3. The van der Waals surface area contributed by atoms with Crippen LogP contribution in [0.2, 0.25) is 0 Å². The van der Waals surface area contributed by atoms with E-state index in [1.807, 2.05) is 6.92 Å². The zero-order valence-electron chi connectivity index (χ0n) is 16.9. The van der Waals surface area contributed by atoms with Gasteiger partial charge in [-0.15, -0.1) is 0 Å². The second kappa shape index (κ2) is 10.1. The van der Waals surface area contributed by atoms with Crippen molar-refractivity contribution in [1.29, 1.82) is 0 Å². The van der Waals surface area contributed by atoms with Gasteiger partial charge in [-0.3, -0.25) is 9.59 Å². The molecule has 29 heavy (non-hydrogen) atoms. The summed E-state index contributed by atoms with van der Waals surface area (Å²) in [6.07, 6.45) is 0. The van der Waals surface area contributed by atoms with Gasteiger partial charge in [-0.2, -0.15) is 0 Å². The number of hydrogen-bond donors (Lipinski definition) is 1. The molecule has 2 aromatic carbocycles. The predicted molar refractivity (Wildman–Crippen MR) is 108 cm³/mol. The highest BCUT2D eigenvalue weighted by molar-refractivity contribution is 5.97. The van der Waals surface area contributed by atoms with E-state index in [2.05, 4.69) is 5.32 Å². The van der Waals surface area contributed by atoms with Gasteiger partial charge in [-0.25, -0.2) is 4.79 Å². The molecule has 0 fully saturated rings. The summed E-state index contributed by atoms with van der Waals surface area (Å²) in [5, 5.41) is 2.61. The van der Waals surface area contributed by atoms with Crippen molar-refractivity contribution in [1.82, 2.24) is 4.90 Å². The molecule has 0 saturated heterocycles. The van der Waals surface area contributed by atoms with E-state index < -0.39 is 18.5 Å². The summed E-state index contributed by atoms with van der Waals surface area (Å²) in [6, 6.07) is 11.1. The summed E-state index contributed by atoms with van der Waals surface area (Å²) in [4.78, 5) is 37.5. The van der Waals surface area contributed by atoms with Gasteiger partial charge < -0.3 is 24.4 Å². The van der Waals surface area contributed by atoms with Crippen LogP contribution in [-0.2, 0) is 9.53 Å². The number of rotatable bonds is 8. The topological polar surface area (TPSA) is 94.2 Å². The Morgan fingerprint density at radius 2 is 1.62 bits per heavy atom. The first kappa shape index (κ1) is 21.7. The number of nitrogens with one attached hydrogen (secondary N) is 1. The van der Waals surface area contributed by atoms with Crippen molar-refractivity contribution >= 4 is 23.5 Å². The number of nitrogens with zero attached hydrogens (tertiary/aromatic N) is 1. The molecule has 0 spiro atoms. The third-order valence-electron chi connectivity index (χ3n) is 3.86. The fraction of sp³-hybridized carbons (Fsp3) is 0.286. The molecule has 0 saturated carbocycles. The molecule has 0 aliphatic rings. The number of carbonyl (C=O) groups excluding carboxylic acids is 3. The van der Waals surface area contributed by atoms with Crippen molar-refractivity contribution < 1.29 is 28.6 Å². The van der Waals surface area contributed by atoms with Crippen LogP contribution in [0.4, 0.5) is 5.69 Å². The van der Waals surface area contributed by atoms with Crippen LogP contribution in [0.15, 0.2) is 42.5 Å². The van der Waals surface area contributed by atoms with Crippen molar-refractivity contribution in [2.24, 2.45) is 0 Å². The highest BCUT2D eigenvalue weighted by Crippen LogP contribution is 2.28. The van der Waals surface area contributed by atoms with E-state index in [1.165, 1.54) is 24.1 Å². The smallest absolute Gasteiger partial charge is 0.338 e. The average molecular weight is 400 g/mol. The lowest BCUT2D eigenvalue weighted by Gasteiger charge is -2.12. The summed E-state index contributed by atoms with van der Waals surface area (Å²) in [5.74, 6) is -0.377. The molecular formula is C21H24N2O6. The monoisotopic (exact) mass is 400 g/mol. The Labute approximate surface area is 169 Å². The average Bonchev–Trinajstić information content (AvgIpc) is 2.72. The Morgan fingerprint density at radius 1 is 0.966 bits per heavy atom. The van der Waals surface area contributed by atoms with Crippen LogP contribution in [0.25, 0.3) is 0 Å². The van der Waals surface area contributed by atoms with Crippen molar-refractivity contribution in [2.75, 3.05) is 39.7 Å². The van der Waals surface area contributed by atoms with Crippen molar-refractivity contribution in [3.63, 3.8) is 0 Å².